The summed E-state index contributed by atoms with van der Waals surface area (Å²) in [6.45, 7) is 18.8. The molecule has 0 radical (unpaired) electrons. The van der Waals surface area contributed by atoms with Crippen molar-refractivity contribution in [2.45, 2.75) is 98.9 Å². The molecule has 10 heteroatoms. The van der Waals surface area contributed by atoms with E-state index in [1.165, 1.54) is 0 Å². The molecule has 5 rings (SSSR count). The molecule has 0 fully saturated rings. The van der Waals surface area contributed by atoms with Gasteiger partial charge in [0.15, 0.2) is 0 Å². The predicted octanol–water partition coefficient (Wildman–Crippen LogP) is 10.1. The molecule has 1 unspecified atom stereocenters. The molecule has 2 aromatic heterocycles. The van der Waals surface area contributed by atoms with Crippen molar-refractivity contribution in [3.05, 3.63) is 84.7 Å². The maximum absolute atomic E-state index is 13.0. The number of amides is 2. The highest BCUT2D eigenvalue weighted by Crippen LogP contribution is 2.36. The zero-order valence-electron chi connectivity index (χ0n) is 31.5. The van der Waals surface area contributed by atoms with Crippen molar-refractivity contribution in [3.8, 4) is 33.6 Å². The number of aromatic amines is 2. The molecule has 2 amide bonds. The molecule has 0 bridgehead atoms. The summed E-state index contributed by atoms with van der Waals surface area (Å²) in [6.07, 6.45) is 4.59. The summed E-state index contributed by atoms with van der Waals surface area (Å²) in [5.41, 5.74) is 4.86. The van der Waals surface area contributed by atoms with Gasteiger partial charge in [-0.1, -0.05) is 74.5 Å². The van der Waals surface area contributed by atoms with Gasteiger partial charge in [-0.25, -0.2) is 19.6 Å². The van der Waals surface area contributed by atoms with Gasteiger partial charge < -0.3 is 24.3 Å². The van der Waals surface area contributed by atoms with E-state index in [0.717, 1.165) is 57.3 Å². The molecule has 270 valence electrons. The first kappa shape index (κ1) is 37.1. The molecule has 0 aliphatic rings. The van der Waals surface area contributed by atoms with Crippen molar-refractivity contribution in [2.75, 3.05) is 13.1 Å². The van der Waals surface area contributed by atoms with Crippen LogP contribution in [0.15, 0.2) is 73.1 Å². The number of rotatable bonds is 11. The van der Waals surface area contributed by atoms with Gasteiger partial charge >= 0.3 is 12.2 Å². The van der Waals surface area contributed by atoms with Crippen LogP contribution in [0.5, 0.6) is 0 Å². The number of benzene rings is 3. The van der Waals surface area contributed by atoms with Crippen LogP contribution in [0.4, 0.5) is 9.59 Å². The molecular weight excluding hydrogens is 640 g/mol. The lowest BCUT2D eigenvalue weighted by Crippen LogP contribution is -2.39. The highest BCUT2D eigenvalue weighted by Gasteiger charge is 2.28. The minimum atomic E-state index is -0.575. The first-order valence-electron chi connectivity index (χ1n) is 17.9. The fourth-order valence-corrected chi connectivity index (χ4v) is 6.05. The van der Waals surface area contributed by atoms with Crippen molar-refractivity contribution in [1.82, 2.24) is 29.7 Å². The number of H-pyrrole nitrogens is 2. The van der Waals surface area contributed by atoms with Crippen molar-refractivity contribution < 1.29 is 19.1 Å². The third kappa shape index (κ3) is 9.17. The van der Waals surface area contributed by atoms with Gasteiger partial charge in [0.1, 0.15) is 22.9 Å². The fraction of sp³-hybridized carbons (Fsp3) is 0.415. The first-order valence-corrected chi connectivity index (χ1v) is 17.9. The van der Waals surface area contributed by atoms with E-state index < -0.39 is 11.2 Å². The van der Waals surface area contributed by atoms with Gasteiger partial charge in [-0.05, 0) is 88.8 Å². The smallest absolute Gasteiger partial charge is 0.410 e. The van der Waals surface area contributed by atoms with Crippen LogP contribution < -0.4 is 0 Å². The van der Waals surface area contributed by atoms with E-state index in [1.807, 2.05) is 80.8 Å². The van der Waals surface area contributed by atoms with Crippen LogP contribution in [0.2, 0.25) is 0 Å². The molecule has 0 aliphatic heterocycles. The molecule has 3 aromatic carbocycles. The first-order chi connectivity index (χ1) is 24.2. The summed E-state index contributed by atoms with van der Waals surface area (Å²) in [6, 6.07) is 20.8. The Morgan fingerprint density at radius 2 is 1.27 bits per heavy atom. The van der Waals surface area contributed by atoms with Gasteiger partial charge in [-0.3, -0.25) is 4.90 Å². The number of carbonyl (C=O) groups is 2. The van der Waals surface area contributed by atoms with Gasteiger partial charge in [0, 0.05) is 18.7 Å². The lowest BCUT2D eigenvalue weighted by atomic mass is 9.93. The largest absolute Gasteiger partial charge is 0.444 e. The van der Waals surface area contributed by atoms with Crippen molar-refractivity contribution >= 4 is 23.0 Å². The monoisotopic (exact) mass is 692 g/mol. The van der Waals surface area contributed by atoms with E-state index in [9.17, 15) is 9.59 Å². The average molecular weight is 693 g/mol. The number of ether oxygens (including phenoxy) is 2. The summed E-state index contributed by atoms with van der Waals surface area (Å²) < 4.78 is 11.3. The zero-order chi connectivity index (χ0) is 36.9. The summed E-state index contributed by atoms with van der Waals surface area (Å²) in [5.74, 6) is 1.41. The maximum atomic E-state index is 13.0. The molecule has 0 saturated heterocycles. The Bertz CT molecular complexity index is 1950. The number of nitrogens with one attached hydrogen (secondary N) is 2. The standard InChI is InChI=1S/C41H52N6O4/c1-10-22-46(38(48)50-40(4,5)6)26-36-42-25-35(44-36)33-21-20-30(31-14-12-13-15-32(31)33)28-16-18-29(19-17-28)34-24-43-37(45-34)27(3)47(23-11-2)39(49)51-41(7,8)9/h12-21,24-25,27H,10-11,22-23,26H2,1-9H3,(H,42,44)(H,43,45). The Morgan fingerprint density at radius 1 is 0.706 bits per heavy atom. The Morgan fingerprint density at radius 3 is 1.90 bits per heavy atom. The summed E-state index contributed by atoms with van der Waals surface area (Å²) in [7, 11) is 0. The van der Waals surface area contributed by atoms with Gasteiger partial charge in [0.25, 0.3) is 0 Å². The molecule has 2 heterocycles. The quantitative estimate of drug-likeness (QED) is 0.142. The third-order valence-corrected chi connectivity index (χ3v) is 8.39. The van der Waals surface area contributed by atoms with Crippen molar-refractivity contribution in [2.24, 2.45) is 0 Å². The van der Waals surface area contributed by atoms with Crippen molar-refractivity contribution in [3.63, 3.8) is 0 Å². The molecule has 5 aromatic rings. The minimum absolute atomic E-state index is 0.274. The number of aromatic nitrogens is 4. The second kappa shape index (κ2) is 15.4. The number of fused-ring (bicyclic) bond motifs is 1. The third-order valence-electron chi connectivity index (χ3n) is 8.39. The van der Waals surface area contributed by atoms with Crippen LogP contribution in [0.25, 0.3) is 44.4 Å². The summed E-state index contributed by atoms with van der Waals surface area (Å²) in [5, 5.41) is 2.22. The Kier molecular flexibility index (Phi) is 11.2. The van der Waals surface area contributed by atoms with Crippen LogP contribution in [0, 0.1) is 0 Å². The summed E-state index contributed by atoms with van der Waals surface area (Å²) in [4.78, 5) is 45.4. The van der Waals surface area contributed by atoms with E-state index in [0.29, 0.717) is 31.3 Å². The number of nitrogens with zero attached hydrogens (tertiary/aromatic N) is 4. The number of carbonyl (C=O) groups excluding carboxylic acids is 2. The Labute approximate surface area is 301 Å². The zero-order valence-corrected chi connectivity index (χ0v) is 31.5. The van der Waals surface area contributed by atoms with E-state index in [2.05, 4.69) is 74.5 Å². The highest BCUT2D eigenvalue weighted by molar-refractivity contribution is 6.04. The number of hydrogen-bond donors (Lipinski definition) is 2. The van der Waals surface area contributed by atoms with Crippen molar-refractivity contribution in [1.29, 1.82) is 0 Å². The molecule has 10 nitrogen and oxygen atoms in total. The molecule has 51 heavy (non-hydrogen) atoms. The van der Waals surface area contributed by atoms with E-state index >= 15 is 0 Å². The molecule has 0 spiro atoms. The van der Waals surface area contributed by atoms with E-state index in [-0.39, 0.29) is 18.2 Å². The van der Waals surface area contributed by atoms with E-state index in [4.69, 9.17) is 9.47 Å². The Balaban J connectivity index is 1.36. The minimum Gasteiger partial charge on any atom is -0.444 e. The van der Waals surface area contributed by atoms with Gasteiger partial charge in [-0.15, -0.1) is 0 Å². The summed E-state index contributed by atoms with van der Waals surface area (Å²) >= 11 is 0. The van der Waals surface area contributed by atoms with Crippen LogP contribution in [-0.4, -0.2) is 66.2 Å². The second-order valence-corrected chi connectivity index (χ2v) is 15.0. The molecule has 2 N–H and O–H groups in total. The van der Waals surface area contributed by atoms with E-state index in [1.54, 1.807) is 9.80 Å². The normalized spacial score (nSPS) is 12.5. The lowest BCUT2D eigenvalue weighted by Gasteiger charge is -2.30. The SMILES string of the molecule is CCCN(Cc1ncc(-c2ccc(-c3ccc(-c4cnc(C(C)N(CCC)C(=O)OC(C)(C)C)[nH]4)cc3)c3ccccc23)[nH]1)C(=O)OC(C)(C)C. The molecule has 0 aliphatic carbocycles. The average Bonchev–Trinajstić information content (AvgIpc) is 3.75. The lowest BCUT2D eigenvalue weighted by molar-refractivity contribution is 0.0165. The number of hydrogen-bond acceptors (Lipinski definition) is 6. The van der Waals surface area contributed by atoms with Gasteiger partial charge in [0.05, 0.1) is 36.4 Å². The number of imidazole rings is 2. The van der Waals surface area contributed by atoms with Gasteiger partial charge in [0.2, 0.25) is 0 Å². The Hall–Kier alpha value is -5.12. The molecule has 1 atom stereocenters. The van der Waals surface area contributed by atoms with Crippen LogP contribution in [0.3, 0.4) is 0 Å². The molecular formula is C41H52N6O4. The molecule has 0 saturated carbocycles. The second-order valence-electron chi connectivity index (χ2n) is 15.0. The maximum Gasteiger partial charge on any atom is 0.410 e. The van der Waals surface area contributed by atoms with Crippen LogP contribution in [0.1, 0.15) is 92.8 Å². The van der Waals surface area contributed by atoms with Crippen LogP contribution in [-0.2, 0) is 16.0 Å². The van der Waals surface area contributed by atoms with Crippen LogP contribution >= 0.6 is 0 Å². The van der Waals surface area contributed by atoms with Gasteiger partial charge in [-0.2, -0.15) is 0 Å². The highest BCUT2D eigenvalue weighted by atomic mass is 16.6. The predicted molar refractivity (Wildman–Crippen MR) is 203 cm³/mol. The fourth-order valence-electron chi connectivity index (χ4n) is 6.05. The topological polar surface area (TPSA) is 116 Å².